The zero-order valence-electron chi connectivity index (χ0n) is 19.0. The fourth-order valence-corrected chi connectivity index (χ4v) is 4.41. The highest BCUT2D eigenvalue weighted by molar-refractivity contribution is 7.15. The van der Waals surface area contributed by atoms with E-state index in [1.165, 1.54) is 11.3 Å². The van der Waals surface area contributed by atoms with Gasteiger partial charge in [0.2, 0.25) is 0 Å². The summed E-state index contributed by atoms with van der Waals surface area (Å²) in [5.74, 6) is -1.27. The van der Waals surface area contributed by atoms with E-state index in [1.807, 2.05) is 66.7 Å². The van der Waals surface area contributed by atoms with Crippen molar-refractivity contribution in [2.75, 3.05) is 25.1 Å². The number of amides is 1. The third kappa shape index (κ3) is 6.04. The Kier molecular flexibility index (Phi) is 7.74. The zero-order valence-corrected chi connectivity index (χ0v) is 19.8. The fourth-order valence-electron chi connectivity index (χ4n) is 3.44. The maximum Gasteiger partial charge on any atom is 0.344 e. The molecular formula is C27H23NO6S. The van der Waals surface area contributed by atoms with Gasteiger partial charge in [0.15, 0.2) is 13.2 Å². The number of anilines is 1. The van der Waals surface area contributed by atoms with Gasteiger partial charge in [-0.3, -0.25) is 4.79 Å². The quantitative estimate of drug-likeness (QED) is 0.321. The Morgan fingerprint density at radius 2 is 1.60 bits per heavy atom. The molecule has 1 aromatic heterocycles. The van der Waals surface area contributed by atoms with Crippen LogP contribution in [0, 0.1) is 0 Å². The molecule has 4 rings (SSSR count). The Morgan fingerprint density at radius 1 is 0.857 bits per heavy atom. The predicted molar refractivity (Wildman–Crippen MR) is 135 cm³/mol. The second kappa shape index (κ2) is 11.3. The van der Waals surface area contributed by atoms with Gasteiger partial charge in [-0.25, -0.2) is 9.59 Å². The van der Waals surface area contributed by atoms with Gasteiger partial charge in [-0.15, -0.1) is 11.3 Å². The normalized spacial score (nSPS) is 10.5. The molecule has 0 aliphatic rings. The molecule has 1 N–H and O–H groups in total. The van der Waals surface area contributed by atoms with Crippen LogP contribution in [0.5, 0.6) is 5.75 Å². The van der Waals surface area contributed by atoms with Gasteiger partial charge in [-0.1, -0.05) is 60.7 Å². The molecular weight excluding hydrogens is 466 g/mol. The Hall–Kier alpha value is -4.17. The molecule has 0 atom stereocenters. The lowest BCUT2D eigenvalue weighted by molar-refractivity contribution is -0.149. The van der Waals surface area contributed by atoms with Gasteiger partial charge in [-0.05, 0) is 35.4 Å². The smallest absolute Gasteiger partial charge is 0.344 e. The standard InChI is InChI=1S/C27H23NO6S/c1-2-32-27(31)25-22(19-9-4-3-5-10-19)17-35-26(25)28-23(29)15-34-24(30)16-33-21-13-12-18-8-6-7-11-20(18)14-21/h3-14,17H,2,15-16H2,1H3,(H,28,29). The fraction of sp³-hybridized carbons (Fsp3) is 0.148. The summed E-state index contributed by atoms with van der Waals surface area (Å²) in [6, 6.07) is 22.6. The summed E-state index contributed by atoms with van der Waals surface area (Å²) in [5, 5.41) is 6.81. The van der Waals surface area contributed by atoms with E-state index in [2.05, 4.69) is 5.32 Å². The molecule has 0 saturated carbocycles. The molecule has 0 unspecified atom stereocenters. The van der Waals surface area contributed by atoms with E-state index in [9.17, 15) is 14.4 Å². The molecule has 1 amide bonds. The third-order valence-electron chi connectivity index (χ3n) is 5.05. The van der Waals surface area contributed by atoms with Crippen molar-refractivity contribution < 1.29 is 28.6 Å². The minimum Gasteiger partial charge on any atom is -0.482 e. The number of nitrogens with one attached hydrogen (secondary N) is 1. The van der Waals surface area contributed by atoms with Crippen LogP contribution in [0.1, 0.15) is 17.3 Å². The van der Waals surface area contributed by atoms with Crippen LogP contribution in [0.3, 0.4) is 0 Å². The Balaban J connectivity index is 1.35. The van der Waals surface area contributed by atoms with Crippen LogP contribution >= 0.6 is 11.3 Å². The zero-order chi connectivity index (χ0) is 24.6. The van der Waals surface area contributed by atoms with Gasteiger partial charge in [0, 0.05) is 10.9 Å². The van der Waals surface area contributed by atoms with E-state index >= 15 is 0 Å². The largest absolute Gasteiger partial charge is 0.482 e. The van der Waals surface area contributed by atoms with E-state index in [4.69, 9.17) is 14.2 Å². The number of esters is 2. The second-order valence-corrected chi connectivity index (χ2v) is 8.33. The lowest BCUT2D eigenvalue weighted by Crippen LogP contribution is -2.24. The number of rotatable bonds is 9. The molecule has 0 bridgehead atoms. The molecule has 7 nitrogen and oxygen atoms in total. The molecule has 0 spiro atoms. The van der Waals surface area contributed by atoms with Crippen LogP contribution in [0.2, 0.25) is 0 Å². The first-order chi connectivity index (χ1) is 17.0. The van der Waals surface area contributed by atoms with E-state index in [0.717, 1.165) is 16.3 Å². The van der Waals surface area contributed by atoms with E-state index in [-0.39, 0.29) is 18.8 Å². The van der Waals surface area contributed by atoms with Crippen molar-refractivity contribution >= 4 is 45.0 Å². The summed E-state index contributed by atoms with van der Waals surface area (Å²) >= 11 is 1.20. The Bertz CT molecular complexity index is 1350. The van der Waals surface area contributed by atoms with Gasteiger partial charge in [0.25, 0.3) is 5.91 Å². The summed E-state index contributed by atoms with van der Waals surface area (Å²) in [6.07, 6.45) is 0. The first-order valence-electron chi connectivity index (χ1n) is 11.0. The maximum atomic E-state index is 12.6. The topological polar surface area (TPSA) is 90.9 Å². The number of benzene rings is 3. The molecule has 4 aromatic rings. The Labute approximate surface area is 206 Å². The minimum absolute atomic E-state index is 0.200. The SMILES string of the molecule is CCOC(=O)c1c(-c2ccccc2)csc1NC(=O)COC(=O)COc1ccc2ccccc2c1. The van der Waals surface area contributed by atoms with Crippen LogP contribution in [0.15, 0.2) is 78.2 Å². The first-order valence-corrected chi connectivity index (χ1v) is 11.8. The van der Waals surface area contributed by atoms with Crippen molar-refractivity contribution in [3.8, 4) is 16.9 Å². The van der Waals surface area contributed by atoms with Crippen molar-refractivity contribution in [2.45, 2.75) is 6.92 Å². The van der Waals surface area contributed by atoms with Crippen LogP contribution in [0.25, 0.3) is 21.9 Å². The lowest BCUT2D eigenvalue weighted by atomic mass is 10.0. The second-order valence-electron chi connectivity index (χ2n) is 7.45. The summed E-state index contributed by atoms with van der Waals surface area (Å²) in [5.41, 5.74) is 1.75. The summed E-state index contributed by atoms with van der Waals surface area (Å²) in [4.78, 5) is 37.1. The maximum absolute atomic E-state index is 12.6. The highest BCUT2D eigenvalue weighted by Gasteiger charge is 2.23. The molecule has 1 heterocycles. The number of ether oxygens (including phenoxy) is 3. The molecule has 3 aromatic carbocycles. The van der Waals surface area contributed by atoms with Gasteiger partial charge >= 0.3 is 11.9 Å². The molecule has 0 saturated heterocycles. The molecule has 0 aliphatic heterocycles. The van der Waals surface area contributed by atoms with Gasteiger partial charge in [-0.2, -0.15) is 0 Å². The van der Waals surface area contributed by atoms with Gasteiger partial charge in [0.05, 0.1) is 6.61 Å². The molecule has 35 heavy (non-hydrogen) atoms. The number of thiophene rings is 1. The van der Waals surface area contributed by atoms with E-state index in [0.29, 0.717) is 16.3 Å². The lowest BCUT2D eigenvalue weighted by Gasteiger charge is -2.10. The van der Waals surface area contributed by atoms with Gasteiger partial charge < -0.3 is 19.5 Å². The average molecular weight is 490 g/mol. The van der Waals surface area contributed by atoms with Crippen molar-refractivity contribution in [2.24, 2.45) is 0 Å². The highest BCUT2D eigenvalue weighted by atomic mass is 32.1. The van der Waals surface area contributed by atoms with Crippen LogP contribution in [-0.4, -0.2) is 37.7 Å². The average Bonchev–Trinajstić information content (AvgIpc) is 3.30. The molecule has 0 aliphatic carbocycles. The first kappa shape index (κ1) is 24.0. The number of carbonyl (C=O) groups is 3. The van der Waals surface area contributed by atoms with Crippen molar-refractivity contribution in [3.63, 3.8) is 0 Å². The van der Waals surface area contributed by atoms with Crippen molar-refractivity contribution in [1.82, 2.24) is 0 Å². The molecule has 178 valence electrons. The third-order valence-corrected chi connectivity index (χ3v) is 5.95. The summed E-state index contributed by atoms with van der Waals surface area (Å²) in [6.45, 7) is 1.06. The van der Waals surface area contributed by atoms with E-state index < -0.39 is 24.5 Å². The molecule has 0 radical (unpaired) electrons. The number of hydrogen-bond donors (Lipinski definition) is 1. The van der Waals surface area contributed by atoms with Crippen molar-refractivity contribution in [3.05, 3.63) is 83.7 Å². The van der Waals surface area contributed by atoms with Crippen LogP contribution in [-0.2, 0) is 19.1 Å². The van der Waals surface area contributed by atoms with Crippen molar-refractivity contribution in [1.29, 1.82) is 0 Å². The highest BCUT2D eigenvalue weighted by Crippen LogP contribution is 2.36. The minimum atomic E-state index is -0.685. The van der Waals surface area contributed by atoms with Gasteiger partial charge in [0.1, 0.15) is 16.3 Å². The molecule has 8 heteroatoms. The number of carbonyl (C=O) groups excluding carboxylic acids is 3. The predicted octanol–water partition coefficient (Wildman–Crippen LogP) is 5.31. The molecule has 0 fully saturated rings. The Morgan fingerprint density at radius 3 is 2.37 bits per heavy atom. The van der Waals surface area contributed by atoms with E-state index in [1.54, 1.807) is 18.4 Å². The number of fused-ring (bicyclic) bond motifs is 1. The number of hydrogen-bond acceptors (Lipinski definition) is 7. The monoisotopic (exact) mass is 489 g/mol. The summed E-state index contributed by atoms with van der Waals surface area (Å²) in [7, 11) is 0. The van der Waals surface area contributed by atoms with Crippen LogP contribution < -0.4 is 10.1 Å². The van der Waals surface area contributed by atoms with Crippen LogP contribution in [0.4, 0.5) is 5.00 Å². The summed E-state index contributed by atoms with van der Waals surface area (Å²) < 4.78 is 15.7.